The van der Waals surface area contributed by atoms with Crippen molar-refractivity contribution in [1.29, 1.82) is 0 Å². The molecule has 3 aromatic rings. The number of nitrogens with zero attached hydrogens (tertiary/aromatic N) is 3. The Hall–Kier alpha value is -3.56. The maximum atomic E-state index is 13.7. The summed E-state index contributed by atoms with van der Waals surface area (Å²) in [5.41, 5.74) is 1.44. The van der Waals surface area contributed by atoms with E-state index in [2.05, 4.69) is 5.32 Å². The number of likely N-dealkylation sites (tertiary alicyclic amines) is 1. The zero-order valence-electron chi connectivity index (χ0n) is 21.1. The number of benzene rings is 2. The zero-order valence-corrected chi connectivity index (χ0v) is 21.9. The van der Waals surface area contributed by atoms with Crippen LogP contribution in [-0.4, -0.2) is 83.8 Å². The summed E-state index contributed by atoms with van der Waals surface area (Å²) in [6.07, 6.45) is 1.03. The van der Waals surface area contributed by atoms with Gasteiger partial charge in [-0.3, -0.25) is 14.4 Å². The van der Waals surface area contributed by atoms with Crippen molar-refractivity contribution in [1.82, 2.24) is 20.0 Å². The molecule has 3 amide bonds. The number of thiophene rings is 1. The van der Waals surface area contributed by atoms with Crippen LogP contribution in [0.3, 0.4) is 0 Å². The summed E-state index contributed by atoms with van der Waals surface area (Å²) >= 11 is 1.39. The first kappa shape index (κ1) is 26.1. The fraction of sp³-hybridized carbons (Fsp3) is 0.345. The van der Waals surface area contributed by atoms with Gasteiger partial charge in [-0.25, -0.2) is 4.39 Å². The van der Waals surface area contributed by atoms with Crippen LogP contribution in [0.5, 0.6) is 0 Å². The lowest BCUT2D eigenvalue weighted by molar-refractivity contribution is -0.135. The molecule has 2 atom stereocenters. The molecular weight excluding hydrogens is 503 g/mol. The van der Waals surface area contributed by atoms with Crippen LogP contribution < -0.4 is 5.32 Å². The second kappa shape index (κ2) is 11.9. The van der Waals surface area contributed by atoms with Crippen LogP contribution in [-0.2, 0) is 11.2 Å². The molecule has 3 heterocycles. The molecule has 2 fully saturated rings. The Morgan fingerprint density at radius 1 is 0.974 bits per heavy atom. The van der Waals surface area contributed by atoms with Gasteiger partial charge in [0.15, 0.2) is 0 Å². The Morgan fingerprint density at radius 3 is 2.39 bits per heavy atom. The lowest BCUT2D eigenvalue weighted by Crippen LogP contribution is -2.53. The summed E-state index contributed by atoms with van der Waals surface area (Å²) in [6.45, 7) is 3.26. The van der Waals surface area contributed by atoms with Gasteiger partial charge in [0.05, 0.1) is 10.9 Å². The van der Waals surface area contributed by atoms with Crippen LogP contribution in [0.1, 0.15) is 32.0 Å². The summed E-state index contributed by atoms with van der Waals surface area (Å²) in [5, 5.41) is 5.13. The van der Waals surface area contributed by atoms with Crippen molar-refractivity contribution in [3.63, 3.8) is 0 Å². The highest BCUT2D eigenvalue weighted by atomic mass is 32.1. The monoisotopic (exact) mass is 534 g/mol. The number of carbonyl (C=O) groups is 3. The number of nitrogens with one attached hydrogen (secondary N) is 1. The minimum absolute atomic E-state index is 0.0922. The molecule has 7 nitrogen and oxygen atoms in total. The summed E-state index contributed by atoms with van der Waals surface area (Å²) in [4.78, 5) is 46.8. The fourth-order valence-electron chi connectivity index (χ4n) is 5.24. The Bertz CT molecular complexity index is 1250. The first-order valence-corrected chi connectivity index (χ1v) is 13.8. The summed E-state index contributed by atoms with van der Waals surface area (Å²) < 4.78 is 13.6. The SMILES string of the molecule is O=C(C1CC(N(CCc2ccccc2)C(=O)c2cccs2)CN1C(=O)c1ccc(F)cc1)N1CCNCC1. The van der Waals surface area contributed by atoms with Gasteiger partial charge in [-0.15, -0.1) is 11.3 Å². The van der Waals surface area contributed by atoms with E-state index in [1.807, 2.05) is 52.7 Å². The van der Waals surface area contributed by atoms with E-state index >= 15 is 0 Å². The lowest BCUT2D eigenvalue weighted by Gasteiger charge is -2.32. The van der Waals surface area contributed by atoms with Gasteiger partial charge < -0.3 is 20.0 Å². The number of halogens is 1. The van der Waals surface area contributed by atoms with Crippen molar-refractivity contribution in [3.05, 3.63) is 93.9 Å². The van der Waals surface area contributed by atoms with Gasteiger partial charge in [0, 0.05) is 44.8 Å². The van der Waals surface area contributed by atoms with Crippen molar-refractivity contribution in [2.45, 2.75) is 24.9 Å². The molecule has 0 saturated carbocycles. The number of amides is 3. The van der Waals surface area contributed by atoms with Gasteiger partial charge in [-0.1, -0.05) is 36.4 Å². The van der Waals surface area contributed by atoms with E-state index in [1.54, 1.807) is 9.80 Å². The molecule has 9 heteroatoms. The van der Waals surface area contributed by atoms with Crippen molar-refractivity contribution >= 4 is 29.1 Å². The molecule has 2 aliphatic heterocycles. The number of piperazine rings is 1. The smallest absolute Gasteiger partial charge is 0.264 e. The summed E-state index contributed by atoms with van der Waals surface area (Å²) in [5.74, 6) is -0.947. The second-order valence-electron chi connectivity index (χ2n) is 9.66. The molecule has 0 radical (unpaired) electrons. The normalized spacial score (nSPS) is 19.4. The fourth-order valence-corrected chi connectivity index (χ4v) is 5.92. The van der Waals surface area contributed by atoms with Crippen LogP contribution in [0.4, 0.5) is 4.39 Å². The number of hydrogen-bond donors (Lipinski definition) is 1. The standard InChI is InChI=1S/C29H31FN4O3S/c30-23-10-8-22(9-11-23)27(35)34-20-24(19-25(34)28(36)32-16-13-31-14-17-32)33(29(37)26-7-4-18-38-26)15-12-21-5-2-1-3-6-21/h1-11,18,24-25,31H,12-17,19-20H2. The Kier molecular flexibility index (Phi) is 8.14. The first-order valence-electron chi connectivity index (χ1n) is 13.0. The third-order valence-electron chi connectivity index (χ3n) is 7.26. The van der Waals surface area contributed by atoms with E-state index in [9.17, 15) is 18.8 Å². The quantitative estimate of drug-likeness (QED) is 0.505. The van der Waals surface area contributed by atoms with E-state index in [1.165, 1.54) is 35.6 Å². The summed E-state index contributed by atoms with van der Waals surface area (Å²) in [6, 6.07) is 18.0. The Morgan fingerprint density at radius 2 is 1.71 bits per heavy atom. The number of rotatable bonds is 7. The molecule has 2 unspecified atom stereocenters. The van der Waals surface area contributed by atoms with Crippen molar-refractivity contribution in [2.75, 3.05) is 39.3 Å². The Balaban J connectivity index is 1.43. The predicted molar refractivity (Wildman–Crippen MR) is 145 cm³/mol. The van der Waals surface area contributed by atoms with Gasteiger partial charge in [-0.05, 0) is 54.1 Å². The second-order valence-corrected chi connectivity index (χ2v) is 10.6. The van der Waals surface area contributed by atoms with Crippen molar-refractivity contribution in [3.8, 4) is 0 Å². The molecule has 2 saturated heterocycles. The topological polar surface area (TPSA) is 73.0 Å². The molecule has 2 aliphatic rings. The molecule has 0 spiro atoms. The van der Waals surface area contributed by atoms with Crippen molar-refractivity contribution < 1.29 is 18.8 Å². The zero-order chi connectivity index (χ0) is 26.5. The maximum Gasteiger partial charge on any atom is 0.264 e. The largest absolute Gasteiger partial charge is 0.338 e. The van der Waals surface area contributed by atoms with E-state index in [-0.39, 0.29) is 30.3 Å². The van der Waals surface area contributed by atoms with E-state index in [0.717, 1.165) is 5.56 Å². The molecule has 198 valence electrons. The minimum Gasteiger partial charge on any atom is -0.338 e. The number of carbonyl (C=O) groups excluding carboxylic acids is 3. The average molecular weight is 535 g/mol. The number of hydrogen-bond acceptors (Lipinski definition) is 5. The molecule has 0 aliphatic carbocycles. The van der Waals surface area contributed by atoms with Crippen LogP contribution in [0, 0.1) is 5.82 Å². The molecular formula is C29H31FN4O3S. The van der Waals surface area contributed by atoms with Crippen LogP contribution in [0.25, 0.3) is 0 Å². The summed E-state index contributed by atoms with van der Waals surface area (Å²) in [7, 11) is 0. The van der Waals surface area contributed by atoms with Crippen LogP contribution >= 0.6 is 11.3 Å². The predicted octanol–water partition coefficient (Wildman–Crippen LogP) is 3.29. The molecule has 2 aromatic carbocycles. The van der Waals surface area contributed by atoms with Crippen LogP contribution in [0.2, 0.25) is 0 Å². The molecule has 1 aromatic heterocycles. The van der Waals surface area contributed by atoms with Crippen LogP contribution in [0.15, 0.2) is 72.1 Å². The highest BCUT2D eigenvalue weighted by molar-refractivity contribution is 7.12. The molecule has 1 N–H and O–H groups in total. The third kappa shape index (κ3) is 5.79. The van der Waals surface area contributed by atoms with E-state index < -0.39 is 11.9 Å². The average Bonchev–Trinajstić information content (AvgIpc) is 3.65. The highest BCUT2D eigenvalue weighted by Gasteiger charge is 2.44. The van der Waals surface area contributed by atoms with Crippen molar-refractivity contribution in [2.24, 2.45) is 0 Å². The first-order chi connectivity index (χ1) is 18.5. The minimum atomic E-state index is -0.689. The molecule has 5 rings (SSSR count). The van der Waals surface area contributed by atoms with Gasteiger partial charge in [0.2, 0.25) is 5.91 Å². The van der Waals surface area contributed by atoms with E-state index in [0.29, 0.717) is 56.0 Å². The van der Waals surface area contributed by atoms with E-state index in [4.69, 9.17) is 0 Å². The highest BCUT2D eigenvalue weighted by Crippen LogP contribution is 2.28. The maximum absolute atomic E-state index is 13.7. The third-order valence-corrected chi connectivity index (χ3v) is 8.12. The van der Waals surface area contributed by atoms with Gasteiger partial charge in [-0.2, -0.15) is 0 Å². The van der Waals surface area contributed by atoms with Gasteiger partial charge in [0.25, 0.3) is 11.8 Å². The van der Waals surface area contributed by atoms with Gasteiger partial charge in [0.1, 0.15) is 11.9 Å². The molecule has 0 bridgehead atoms. The lowest BCUT2D eigenvalue weighted by atomic mass is 10.1. The molecule has 38 heavy (non-hydrogen) atoms. The van der Waals surface area contributed by atoms with Gasteiger partial charge >= 0.3 is 0 Å². The Labute approximate surface area is 225 Å².